The Morgan fingerprint density at radius 2 is 1.36 bits per heavy atom. The van der Waals surface area contributed by atoms with Gasteiger partial charge in [0.25, 0.3) is 11.8 Å². The molecule has 5 aromatic rings. The normalized spacial score (nSPS) is 24.3. The third-order valence-electron chi connectivity index (χ3n) is 15.3. The summed E-state index contributed by atoms with van der Waals surface area (Å²) < 4.78 is 45.1. The number of nitrogens with one attached hydrogen (secondary N) is 10. The van der Waals surface area contributed by atoms with Crippen molar-refractivity contribution in [2.75, 3.05) is 19.6 Å². The van der Waals surface area contributed by atoms with Crippen molar-refractivity contribution in [2.24, 2.45) is 5.73 Å². The van der Waals surface area contributed by atoms with Crippen LogP contribution in [0, 0.1) is 11.6 Å². The number of nitrogens with zero attached hydrogens (tertiary/aromatic N) is 2. The molecule has 2 saturated heterocycles. The molecular formula is C58H70F3N13O9. The lowest BCUT2D eigenvalue weighted by atomic mass is 10.0. The Bertz CT molecular complexity index is 3260. The summed E-state index contributed by atoms with van der Waals surface area (Å²) >= 11 is 0. The average Bonchev–Trinajstić information content (AvgIpc) is 4.18. The number of allylic oxidation sites excluding steroid dienone is 2. The summed E-state index contributed by atoms with van der Waals surface area (Å²) in [4.78, 5) is 134. The number of aromatic amines is 2. The standard InChI is InChI=1S/C58H70F3N13O9/c1-33(75)66-45-11-6-4-3-5-10-34-13-15-35(16-14-34)29-65-58(2)21-9-23-74(58)57(83)72-56(82)71-53(79)49-28-40(61)32-73(49)54(80)48(25-37-31-64-44-20-18-39(60)27-42(37)44)68-52(78)47(24-36-30-63-43-19-17-38(59)26-41(36)43)69-55(81)70-51(77)46(67-50(45)76)12-7-8-22-62/h3,5,13-20,26-27,30-31,40,45-49,63-65H,4,6-12,21-25,28-29,32,62H2,1-2H3,(H,66,75)(H,67,76)(H,68,78)(H2,69,70,77,81)(H2,71,72,79,82,83)/t40-,45-,46+,47+,48+,49-,58-/m0/s1. The number of amides is 12. The molecule has 2 fully saturated rings. The van der Waals surface area contributed by atoms with E-state index in [9.17, 15) is 51.9 Å². The van der Waals surface area contributed by atoms with Crippen molar-refractivity contribution in [3.8, 4) is 0 Å². The van der Waals surface area contributed by atoms with Crippen molar-refractivity contribution < 1.29 is 56.3 Å². The lowest BCUT2D eigenvalue weighted by molar-refractivity contribution is -0.141. The zero-order valence-electron chi connectivity index (χ0n) is 46.1. The lowest BCUT2D eigenvalue weighted by Gasteiger charge is -2.36. The second kappa shape index (κ2) is 27.5. The van der Waals surface area contributed by atoms with Gasteiger partial charge in [-0.2, -0.15) is 0 Å². The van der Waals surface area contributed by atoms with E-state index in [1.807, 2.05) is 43.3 Å². The van der Waals surface area contributed by atoms with Crippen molar-refractivity contribution in [3.63, 3.8) is 0 Å². The van der Waals surface area contributed by atoms with Gasteiger partial charge in [-0.3, -0.25) is 50.0 Å². The van der Waals surface area contributed by atoms with Crippen LogP contribution in [0.5, 0.6) is 0 Å². The third-order valence-corrected chi connectivity index (χ3v) is 15.3. The molecule has 6 heterocycles. The van der Waals surface area contributed by atoms with Gasteiger partial charge in [0.15, 0.2) is 0 Å². The second-order valence-electron chi connectivity index (χ2n) is 21.5. The van der Waals surface area contributed by atoms with E-state index in [0.29, 0.717) is 84.4 Å². The number of hydrogen-bond donors (Lipinski definition) is 11. The average molecular weight is 1150 g/mol. The number of urea groups is 3. The van der Waals surface area contributed by atoms with Crippen LogP contribution >= 0.6 is 0 Å². The first kappa shape index (κ1) is 60.5. The Hall–Kier alpha value is -8.58. The van der Waals surface area contributed by atoms with Crippen molar-refractivity contribution >= 4 is 75.3 Å². The van der Waals surface area contributed by atoms with E-state index in [1.54, 1.807) is 0 Å². The van der Waals surface area contributed by atoms with Crippen molar-refractivity contribution in [3.05, 3.63) is 119 Å². The Morgan fingerprint density at radius 1 is 0.723 bits per heavy atom. The van der Waals surface area contributed by atoms with E-state index < -0.39 is 133 Å². The highest BCUT2D eigenvalue weighted by Gasteiger charge is 2.45. The number of imide groups is 3. The molecule has 3 aromatic carbocycles. The Kier molecular flexibility index (Phi) is 20.0. The predicted octanol–water partition coefficient (Wildman–Crippen LogP) is 4.28. The summed E-state index contributed by atoms with van der Waals surface area (Å²) in [6, 6.07) is 4.80. The lowest BCUT2D eigenvalue weighted by Crippen LogP contribution is -2.61. The number of rotatable bonds is 9. The summed E-state index contributed by atoms with van der Waals surface area (Å²) in [5.41, 5.74) is 8.29. The molecule has 0 unspecified atom stereocenters. The molecule has 4 aliphatic rings. The van der Waals surface area contributed by atoms with E-state index >= 15 is 4.39 Å². The number of fused-ring (bicyclic) bond motifs is 26. The first-order valence-corrected chi connectivity index (χ1v) is 27.8. The molecule has 0 radical (unpaired) electrons. The molecule has 25 heteroatoms. The van der Waals surface area contributed by atoms with Crippen LogP contribution in [0.15, 0.2) is 85.2 Å². The van der Waals surface area contributed by atoms with Crippen LogP contribution in [0.1, 0.15) is 93.9 Å². The van der Waals surface area contributed by atoms with Gasteiger partial charge in [0.1, 0.15) is 48.0 Å². The number of unbranched alkanes of at least 4 members (excludes halogenated alkanes) is 1. The van der Waals surface area contributed by atoms with E-state index in [1.165, 1.54) is 60.6 Å². The van der Waals surface area contributed by atoms with Gasteiger partial charge in [-0.25, -0.2) is 27.6 Å². The summed E-state index contributed by atoms with van der Waals surface area (Å²) in [5.74, 6) is -6.65. The molecule has 0 aliphatic carbocycles. The number of aromatic nitrogens is 2. The monoisotopic (exact) mass is 1150 g/mol. The third kappa shape index (κ3) is 15.7. The zero-order valence-corrected chi connectivity index (χ0v) is 46.1. The fraction of sp³-hybridized carbons (Fsp3) is 0.431. The maximum absolute atomic E-state index is 15.6. The van der Waals surface area contributed by atoms with Crippen LogP contribution in [0.2, 0.25) is 0 Å². The summed E-state index contributed by atoms with van der Waals surface area (Å²) in [6.07, 6.45) is 7.41. The van der Waals surface area contributed by atoms with Crippen molar-refractivity contribution in [2.45, 2.75) is 139 Å². The molecule has 2 bridgehead atoms. The first-order chi connectivity index (χ1) is 39.8. The molecule has 4 aliphatic heterocycles. The second-order valence-corrected chi connectivity index (χ2v) is 21.5. The molecule has 442 valence electrons. The number of benzene rings is 3. The van der Waals surface area contributed by atoms with Gasteiger partial charge in [-0.05, 0) is 130 Å². The number of carbonyl (C=O) groups is 9. The van der Waals surface area contributed by atoms with Crippen molar-refractivity contribution in [1.82, 2.24) is 62.3 Å². The smallest absolute Gasteiger partial charge is 0.329 e. The van der Waals surface area contributed by atoms with E-state index in [2.05, 4.69) is 52.5 Å². The van der Waals surface area contributed by atoms with Gasteiger partial charge in [0, 0.05) is 73.5 Å². The van der Waals surface area contributed by atoms with Crippen molar-refractivity contribution in [1.29, 1.82) is 0 Å². The molecule has 12 amide bonds. The SMILES string of the molecule is CC(=O)N[C@H]1CCCC=CCc2ccc(cc2)CN[C@]2(C)CCCN2C(=O)NC(=O)NC(=O)[C@@H]2C[C@H](F)CN2C(=O)[C@@H](Cc2c[nH]c3ccc(F)cc23)NC(=O)[C@@H](Cc2c[nH]c3ccc(F)cc23)NC(=O)NC(=O)[C@@H](CCCCN)NC1=O. The topological polar surface area (TPSA) is 314 Å². The number of carbonyl (C=O) groups excluding carboxylic acids is 9. The minimum Gasteiger partial charge on any atom is -0.361 e. The number of alkyl halides is 1. The summed E-state index contributed by atoms with van der Waals surface area (Å²) in [6.45, 7) is 3.27. The van der Waals surface area contributed by atoms with Gasteiger partial charge in [0.05, 0.1) is 12.2 Å². The van der Waals surface area contributed by atoms with E-state index in [4.69, 9.17) is 5.73 Å². The predicted molar refractivity (Wildman–Crippen MR) is 300 cm³/mol. The molecule has 22 nitrogen and oxygen atoms in total. The Morgan fingerprint density at radius 3 is 2.02 bits per heavy atom. The molecule has 0 spiro atoms. The number of H-pyrrole nitrogens is 2. The number of halogens is 3. The van der Waals surface area contributed by atoms with E-state index in [-0.39, 0.29) is 25.9 Å². The molecule has 12 N–H and O–H groups in total. The van der Waals surface area contributed by atoms with Crippen LogP contribution in [0.25, 0.3) is 21.8 Å². The minimum atomic E-state index is -1.80. The molecule has 0 saturated carbocycles. The van der Waals surface area contributed by atoms with Crippen LogP contribution in [0.4, 0.5) is 27.6 Å². The Balaban J connectivity index is 1.11. The van der Waals surface area contributed by atoms with Crippen LogP contribution in [-0.2, 0) is 54.6 Å². The first-order valence-electron chi connectivity index (χ1n) is 27.8. The van der Waals surface area contributed by atoms with Crippen LogP contribution in [0.3, 0.4) is 0 Å². The van der Waals surface area contributed by atoms with Gasteiger partial charge in [-0.1, -0.05) is 36.4 Å². The summed E-state index contributed by atoms with van der Waals surface area (Å²) in [7, 11) is 0. The quantitative estimate of drug-likeness (QED) is 0.0731. The Labute approximate surface area is 476 Å². The zero-order chi connectivity index (χ0) is 59.4. The number of hydrogen-bond acceptors (Lipinski definition) is 11. The molecule has 9 rings (SSSR count). The van der Waals surface area contributed by atoms with E-state index in [0.717, 1.165) is 16.0 Å². The minimum absolute atomic E-state index is 0.0114. The summed E-state index contributed by atoms with van der Waals surface area (Å²) in [5, 5.41) is 21.0. The highest BCUT2D eigenvalue weighted by atomic mass is 19.1. The number of nitrogens with two attached hydrogens (primary N) is 1. The van der Waals surface area contributed by atoms with Gasteiger partial charge < -0.3 is 46.8 Å². The molecular weight excluding hydrogens is 1080 g/mol. The maximum atomic E-state index is 15.6. The molecule has 7 atom stereocenters. The molecule has 83 heavy (non-hydrogen) atoms. The fourth-order valence-corrected chi connectivity index (χ4v) is 10.9. The fourth-order valence-electron chi connectivity index (χ4n) is 10.9. The largest absolute Gasteiger partial charge is 0.361 e. The van der Waals surface area contributed by atoms with Crippen LogP contribution < -0.4 is 48.3 Å². The maximum Gasteiger partial charge on any atom is 0.329 e. The van der Waals surface area contributed by atoms with Gasteiger partial charge >= 0.3 is 18.1 Å². The highest BCUT2D eigenvalue weighted by molar-refractivity contribution is 6.05. The highest BCUT2D eigenvalue weighted by Crippen LogP contribution is 2.29. The van der Waals surface area contributed by atoms with Gasteiger partial charge in [-0.15, -0.1) is 0 Å². The van der Waals surface area contributed by atoms with Gasteiger partial charge in [0.2, 0.25) is 23.6 Å². The molecule has 2 aromatic heterocycles. The van der Waals surface area contributed by atoms with Crippen LogP contribution in [-0.4, -0.2) is 135 Å².